The lowest BCUT2D eigenvalue weighted by Gasteiger charge is -2.15. The number of aromatic nitrogens is 2. The lowest BCUT2D eigenvalue weighted by Crippen LogP contribution is -2.26. The van der Waals surface area contributed by atoms with Crippen molar-refractivity contribution in [3.05, 3.63) is 47.1 Å². The van der Waals surface area contributed by atoms with Gasteiger partial charge in [0.25, 0.3) is 5.91 Å². The number of nitrogens with two attached hydrogens (primary N) is 1. The van der Waals surface area contributed by atoms with Crippen molar-refractivity contribution in [2.75, 3.05) is 13.7 Å². The van der Waals surface area contributed by atoms with E-state index in [1.165, 1.54) is 4.90 Å². The van der Waals surface area contributed by atoms with Gasteiger partial charge in [0.1, 0.15) is 6.10 Å². The standard InChI is InChI=1S/C16H22N4O3/c1-4-22-11(2)15-18-14(23-19-15)10-20(3)16(21)13-7-5-12(9-17)6-8-13/h5-8,11H,4,9-10,17H2,1-3H3. The molecule has 1 aromatic carbocycles. The fourth-order valence-electron chi connectivity index (χ4n) is 2.10. The van der Waals surface area contributed by atoms with E-state index in [0.717, 1.165) is 5.56 Å². The first-order valence-electron chi connectivity index (χ1n) is 7.53. The van der Waals surface area contributed by atoms with Crippen molar-refractivity contribution in [1.29, 1.82) is 0 Å². The molecule has 0 aliphatic heterocycles. The van der Waals surface area contributed by atoms with Gasteiger partial charge in [-0.25, -0.2) is 0 Å². The molecular formula is C16H22N4O3. The summed E-state index contributed by atoms with van der Waals surface area (Å²) in [5.41, 5.74) is 7.12. The largest absolute Gasteiger partial charge is 0.371 e. The van der Waals surface area contributed by atoms with Crippen LogP contribution in [-0.4, -0.2) is 34.6 Å². The van der Waals surface area contributed by atoms with Gasteiger partial charge in [0.15, 0.2) is 5.82 Å². The van der Waals surface area contributed by atoms with Gasteiger partial charge < -0.3 is 19.9 Å². The molecule has 0 saturated heterocycles. The number of hydrogen-bond acceptors (Lipinski definition) is 6. The molecule has 7 nitrogen and oxygen atoms in total. The van der Waals surface area contributed by atoms with Crippen LogP contribution in [0, 0.1) is 0 Å². The van der Waals surface area contributed by atoms with Crippen molar-refractivity contribution in [2.45, 2.75) is 33.0 Å². The van der Waals surface area contributed by atoms with E-state index in [2.05, 4.69) is 10.1 Å². The van der Waals surface area contributed by atoms with Gasteiger partial charge in [-0.3, -0.25) is 4.79 Å². The third-order valence-corrected chi connectivity index (χ3v) is 3.42. The van der Waals surface area contributed by atoms with Gasteiger partial charge in [0, 0.05) is 25.8 Å². The van der Waals surface area contributed by atoms with Crippen molar-refractivity contribution >= 4 is 5.91 Å². The minimum Gasteiger partial charge on any atom is -0.371 e. The van der Waals surface area contributed by atoms with Crippen LogP contribution < -0.4 is 5.73 Å². The van der Waals surface area contributed by atoms with Crippen LogP contribution in [0.25, 0.3) is 0 Å². The Morgan fingerprint density at radius 2 is 2.09 bits per heavy atom. The third kappa shape index (κ3) is 4.37. The average molecular weight is 318 g/mol. The molecular weight excluding hydrogens is 296 g/mol. The quantitative estimate of drug-likeness (QED) is 0.838. The second kappa shape index (κ2) is 7.85. The van der Waals surface area contributed by atoms with Crippen LogP contribution in [0.2, 0.25) is 0 Å². The first kappa shape index (κ1) is 17.1. The Morgan fingerprint density at radius 1 is 1.39 bits per heavy atom. The summed E-state index contributed by atoms with van der Waals surface area (Å²) >= 11 is 0. The van der Waals surface area contributed by atoms with E-state index in [9.17, 15) is 4.79 Å². The van der Waals surface area contributed by atoms with Crippen LogP contribution >= 0.6 is 0 Å². The molecule has 1 aromatic heterocycles. The van der Waals surface area contributed by atoms with Gasteiger partial charge in [0.05, 0.1) is 6.54 Å². The number of amides is 1. The summed E-state index contributed by atoms with van der Waals surface area (Å²) < 4.78 is 10.6. The molecule has 1 heterocycles. The maximum Gasteiger partial charge on any atom is 0.254 e. The Balaban J connectivity index is 2.00. The van der Waals surface area contributed by atoms with Gasteiger partial charge in [0.2, 0.25) is 5.89 Å². The van der Waals surface area contributed by atoms with Crippen LogP contribution in [-0.2, 0) is 17.8 Å². The summed E-state index contributed by atoms with van der Waals surface area (Å²) in [6.07, 6.45) is -0.234. The van der Waals surface area contributed by atoms with Crippen molar-refractivity contribution < 1.29 is 14.1 Å². The topological polar surface area (TPSA) is 94.5 Å². The molecule has 0 aliphatic carbocycles. The van der Waals surface area contributed by atoms with Crippen molar-refractivity contribution in [3.8, 4) is 0 Å². The lowest BCUT2D eigenvalue weighted by molar-refractivity contribution is 0.0682. The summed E-state index contributed by atoms with van der Waals surface area (Å²) in [7, 11) is 1.69. The van der Waals surface area contributed by atoms with Crippen LogP contribution in [0.5, 0.6) is 0 Å². The molecule has 2 N–H and O–H groups in total. The average Bonchev–Trinajstić information content (AvgIpc) is 3.03. The predicted octanol–water partition coefficient (Wildman–Crippen LogP) is 1.90. The number of nitrogens with zero attached hydrogens (tertiary/aromatic N) is 3. The highest BCUT2D eigenvalue weighted by molar-refractivity contribution is 5.94. The monoisotopic (exact) mass is 318 g/mol. The molecule has 0 aliphatic rings. The van der Waals surface area contributed by atoms with E-state index in [-0.39, 0.29) is 18.6 Å². The number of carbonyl (C=O) groups excluding carboxylic acids is 1. The number of hydrogen-bond donors (Lipinski definition) is 1. The Labute approximate surface area is 135 Å². The van der Waals surface area contributed by atoms with E-state index in [0.29, 0.717) is 30.4 Å². The Kier molecular flexibility index (Phi) is 5.84. The third-order valence-electron chi connectivity index (χ3n) is 3.42. The van der Waals surface area contributed by atoms with Crippen LogP contribution in [0.15, 0.2) is 28.8 Å². The first-order valence-corrected chi connectivity index (χ1v) is 7.53. The number of rotatable bonds is 7. The van der Waals surface area contributed by atoms with Gasteiger partial charge in [-0.1, -0.05) is 17.3 Å². The highest BCUT2D eigenvalue weighted by atomic mass is 16.5. The smallest absolute Gasteiger partial charge is 0.254 e. The number of benzene rings is 1. The molecule has 2 rings (SSSR count). The maximum atomic E-state index is 12.4. The molecule has 0 spiro atoms. The molecule has 1 amide bonds. The van der Waals surface area contributed by atoms with Crippen LogP contribution in [0.3, 0.4) is 0 Å². The summed E-state index contributed by atoms with van der Waals surface area (Å²) in [6.45, 7) is 5.02. The molecule has 7 heteroatoms. The van der Waals surface area contributed by atoms with Crippen molar-refractivity contribution in [2.24, 2.45) is 5.73 Å². The molecule has 23 heavy (non-hydrogen) atoms. The Bertz CT molecular complexity index is 639. The van der Waals surface area contributed by atoms with E-state index >= 15 is 0 Å². The van der Waals surface area contributed by atoms with Gasteiger partial charge >= 0.3 is 0 Å². The number of ether oxygens (including phenoxy) is 1. The van der Waals surface area contributed by atoms with E-state index < -0.39 is 0 Å². The van der Waals surface area contributed by atoms with Gasteiger partial charge in [-0.15, -0.1) is 0 Å². The maximum absolute atomic E-state index is 12.4. The Hall–Kier alpha value is -2.25. The van der Waals surface area contributed by atoms with Gasteiger partial charge in [-0.2, -0.15) is 4.98 Å². The van der Waals surface area contributed by atoms with E-state index in [4.69, 9.17) is 15.0 Å². The summed E-state index contributed by atoms with van der Waals surface area (Å²) in [5, 5.41) is 3.88. The van der Waals surface area contributed by atoms with Gasteiger partial charge in [-0.05, 0) is 31.5 Å². The SMILES string of the molecule is CCOC(C)c1noc(CN(C)C(=O)c2ccc(CN)cc2)n1. The highest BCUT2D eigenvalue weighted by Gasteiger charge is 2.18. The highest BCUT2D eigenvalue weighted by Crippen LogP contribution is 2.14. The first-order chi connectivity index (χ1) is 11.0. The zero-order chi connectivity index (χ0) is 16.8. The minimum atomic E-state index is -0.234. The van der Waals surface area contributed by atoms with Crippen molar-refractivity contribution in [3.63, 3.8) is 0 Å². The second-order valence-electron chi connectivity index (χ2n) is 5.21. The minimum absolute atomic E-state index is 0.119. The molecule has 0 radical (unpaired) electrons. The molecule has 0 bridgehead atoms. The van der Waals surface area contributed by atoms with Crippen molar-refractivity contribution in [1.82, 2.24) is 15.0 Å². The molecule has 124 valence electrons. The molecule has 1 atom stereocenters. The molecule has 2 aromatic rings. The predicted molar refractivity (Wildman–Crippen MR) is 84.5 cm³/mol. The zero-order valence-electron chi connectivity index (χ0n) is 13.7. The molecule has 0 saturated carbocycles. The molecule has 1 unspecified atom stereocenters. The fourth-order valence-corrected chi connectivity index (χ4v) is 2.10. The normalized spacial score (nSPS) is 12.2. The van der Waals surface area contributed by atoms with Crippen LogP contribution in [0.4, 0.5) is 0 Å². The van der Waals surface area contributed by atoms with E-state index in [1.807, 2.05) is 26.0 Å². The number of carbonyl (C=O) groups is 1. The lowest BCUT2D eigenvalue weighted by atomic mass is 10.1. The summed E-state index contributed by atoms with van der Waals surface area (Å²) in [4.78, 5) is 18.2. The van der Waals surface area contributed by atoms with Crippen LogP contribution in [0.1, 0.15) is 47.6 Å². The Morgan fingerprint density at radius 3 is 2.70 bits per heavy atom. The molecule has 0 fully saturated rings. The zero-order valence-corrected chi connectivity index (χ0v) is 13.7. The second-order valence-corrected chi connectivity index (χ2v) is 5.21. The van der Waals surface area contributed by atoms with E-state index in [1.54, 1.807) is 19.2 Å². The summed E-state index contributed by atoms with van der Waals surface area (Å²) in [5.74, 6) is 0.738. The summed E-state index contributed by atoms with van der Waals surface area (Å²) in [6, 6.07) is 7.21. The fraction of sp³-hybridized carbons (Fsp3) is 0.438.